The first-order chi connectivity index (χ1) is 16.1. The third kappa shape index (κ3) is 5.45. The van der Waals surface area contributed by atoms with Gasteiger partial charge in [-0.2, -0.15) is 4.37 Å². The van der Waals surface area contributed by atoms with Crippen LogP contribution in [0.2, 0.25) is 0 Å². The van der Waals surface area contributed by atoms with E-state index in [9.17, 15) is 14.4 Å². The lowest BCUT2D eigenvalue weighted by Gasteiger charge is -2.31. The quantitative estimate of drug-likeness (QED) is 0.409. The molecule has 5 N–H and O–H groups in total. The van der Waals surface area contributed by atoms with Crippen LogP contribution in [-0.2, 0) is 4.79 Å². The first-order valence-corrected chi connectivity index (χ1v) is 12.5. The molecule has 0 radical (unpaired) electrons. The number of amides is 3. The standard InChI is InChI=1S/C24H29N5O3S2/c1-13(2)9-10-27-23(31)20(17-6-5-11-33-17)29(16-8-7-14(3)15(4)12-16)24(32)21-18(25)19(22(26)30)28-34-21/h5-8,11-13,20H,9-10,25H2,1-4H3,(H2,26,30)(H,27,31). The Morgan fingerprint density at radius 3 is 2.44 bits per heavy atom. The number of carbonyl (C=O) groups excluding carboxylic acids is 3. The van der Waals surface area contributed by atoms with E-state index in [-0.39, 0.29) is 22.2 Å². The van der Waals surface area contributed by atoms with E-state index in [2.05, 4.69) is 23.5 Å². The molecule has 3 rings (SSSR count). The topological polar surface area (TPSA) is 131 Å². The van der Waals surface area contributed by atoms with Crippen LogP contribution in [0.15, 0.2) is 35.7 Å². The number of carbonyl (C=O) groups is 3. The van der Waals surface area contributed by atoms with Crippen LogP contribution in [0, 0.1) is 19.8 Å². The summed E-state index contributed by atoms with van der Waals surface area (Å²) in [5.74, 6) is -1.22. The highest BCUT2D eigenvalue weighted by atomic mass is 32.1. The summed E-state index contributed by atoms with van der Waals surface area (Å²) in [7, 11) is 0. The number of nitrogen functional groups attached to an aromatic ring is 1. The van der Waals surface area contributed by atoms with Crippen LogP contribution in [0.3, 0.4) is 0 Å². The van der Waals surface area contributed by atoms with Crippen LogP contribution in [0.25, 0.3) is 0 Å². The van der Waals surface area contributed by atoms with Crippen molar-refractivity contribution in [3.8, 4) is 0 Å². The minimum atomic E-state index is -0.930. The van der Waals surface area contributed by atoms with Crippen LogP contribution in [0.1, 0.15) is 62.5 Å². The molecule has 0 aliphatic heterocycles. The Labute approximate surface area is 207 Å². The molecule has 3 amide bonds. The van der Waals surface area contributed by atoms with E-state index >= 15 is 0 Å². The van der Waals surface area contributed by atoms with Crippen molar-refractivity contribution >= 4 is 52.0 Å². The number of primary amides is 1. The van der Waals surface area contributed by atoms with Crippen LogP contribution in [0.4, 0.5) is 11.4 Å². The van der Waals surface area contributed by atoms with E-state index in [1.165, 1.54) is 16.2 Å². The summed E-state index contributed by atoms with van der Waals surface area (Å²) in [4.78, 5) is 41.3. The summed E-state index contributed by atoms with van der Waals surface area (Å²) in [6, 6.07) is 8.29. The molecule has 1 unspecified atom stereocenters. The van der Waals surface area contributed by atoms with Crippen molar-refractivity contribution < 1.29 is 14.4 Å². The number of rotatable bonds is 9. The van der Waals surface area contributed by atoms with Gasteiger partial charge in [-0.15, -0.1) is 11.3 Å². The molecule has 180 valence electrons. The van der Waals surface area contributed by atoms with Gasteiger partial charge in [0.15, 0.2) is 11.7 Å². The van der Waals surface area contributed by atoms with Crippen LogP contribution in [-0.4, -0.2) is 28.6 Å². The van der Waals surface area contributed by atoms with Gasteiger partial charge >= 0.3 is 0 Å². The third-order valence-corrected chi connectivity index (χ3v) is 7.26. The molecule has 0 fully saturated rings. The Hall–Kier alpha value is -3.24. The first-order valence-electron chi connectivity index (χ1n) is 10.9. The number of anilines is 2. The van der Waals surface area contributed by atoms with Gasteiger partial charge in [-0.25, -0.2) is 0 Å². The summed E-state index contributed by atoms with van der Waals surface area (Å²) < 4.78 is 3.98. The summed E-state index contributed by atoms with van der Waals surface area (Å²) in [6.07, 6.45) is 0.810. The summed E-state index contributed by atoms with van der Waals surface area (Å²) in [5.41, 5.74) is 13.8. The normalized spacial score (nSPS) is 11.9. The molecule has 10 heteroatoms. The zero-order valence-electron chi connectivity index (χ0n) is 19.6. The Kier molecular flexibility index (Phi) is 8.06. The second-order valence-corrected chi connectivity index (χ2v) is 10.2. The van der Waals surface area contributed by atoms with E-state index in [4.69, 9.17) is 11.5 Å². The zero-order valence-corrected chi connectivity index (χ0v) is 21.3. The molecule has 0 saturated carbocycles. The fourth-order valence-corrected chi connectivity index (χ4v) is 4.95. The summed E-state index contributed by atoms with van der Waals surface area (Å²) in [6.45, 7) is 8.56. The largest absolute Gasteiger partial charge is 0.395 e. The Morgan fingerprint density at radius 1 is 1.15 bits per heavy atom. The Balaban J connectivity index is 2.13. The molecular formula is C24H29N5O3S2. The van der Waals surface area contributed by atoms with Gasteiger partial charge in [-0.1, -0.05) is 26.0 Å². The predicted molar refractivity (Wildman–Crippen MR) is 137 cm³/mol. The fraction of sp³-hybridized carbons (Fsp3) is 0.333. The Bertz CT molecular complexity index is 1190. The number of nitrogens with one attached hydrogen (secondary N) is 1. The lowest BCUT2D eigenvalue weighted by Crippen LogP contribution is -2.44. The molecule has 34 heavy (non-hydrogen) atoms. The Morgan fingerprint density at radius 2 is 1.88 bits per heavy atom. The highest BCUT2D eigenvalue weighted by Gasteiger charge is 2.36. The molecule has 2 aromatic heterocycles. The minimum Gasteiger partial charge on any atom is -0.395 e. The molecule has 0 spiro atoms. The molecule has 8 nitrogen and oxygen atoms in total. The molecule has 0 aliphatic rings. The molecule has 1 aromatic carbocycles. The SMILES string of the molecule is Cc1ccc(N(C(=O)c2snc(C(N)=O)c2N)C(C(=O)NCCC(C)C)c2cccs2)cc1C. The molecule has 0 saturated heterocycles. The second-order valence-electron chi connectivity index (χ2n) is 8.47. The summed E-state index contributed by atoms with van der Waals surface area (Å²) in [5, 5.41) is 4.84. The van der Waals surface area contributed by atoms with Gasteiger partial charge in [-0.3, -0.25) is 19.3 Å². The number of benzene rings is 1. The molecular weight excluding hydrogens is 470 g/mol. The lowest BCUT2D eigenvalue weighted by molar-refractivity contribution is -0.122. The average molecular weight is 500 g/mol. The van der Waals surface area contributed by atoms with Crippen molar-refractivity contribution in [2.45, 2.75) is 40.2 Å². The minimum absolute atomic E-state index is 0.0589. The maximum absolute atomic E-state index is 13.9. The highest BCUT2D eigenvalue weighted by Crippen LogP contribution is 2.35. The first kappa shape index (κ1) is 25.4. The van der Waals surface area contributed by atoms with Crippen molar-refractivity contribution in [2.24, 2.45) is 11.7 Å². The van der Waals surface area contributed by atoms with Crippen molar-refractivity contribution in [3.05, 3.63) is 62.3 Å². The maximum atomic E-state index is 13.9. The van der Waals surface area contributed by atoms with Gasteiger partial charge in [0.2, 0.25) is 5.91 Å². The van der Waals surface area contributed by atoms with Gasteiger partial charge in [-0.05, 0) is 72.4 Å². The zero-order chi connectivity index (χ0) is 25.0. The highest BCUT2D eigenvalue weighted by molar-refractivity contribution is 7.10. The monoisotopic (exact) mass is 499 g/mol. The van der Waals surface area contributed by atoms with Gasteiger partial charge in [0.1, 0.15) is 4.88 Å². The molecule has 0 aliphatic carbocycles. The third-order valence-electron chi connectivity index (χ3n) is 5.48. The molecule has 2 heterocycles. The van der Waals surface area contributed by atoms with E-state index in [1.807, 2.05) is 43.5 Å². The van der Waals surface area contributed by atoms with Gasteiger partial charge in [0.25, 0.3) is 11.8 Å². The van der Waals surface area contributed by atoms with E-state index in [0.29, 0.717) is 23.0 Å². The average Bonchev–Trinajstić information content (AvgIpc) is 3.43. The number of aromatic nitrogens is 1. The molecule has 0 bridgehead atoms. The number of aryl methyl sites for hydroxylation is 2. The predicted octanol–water partition coefficient (Wildman–Crippen LogP) is 4.05. The van der Waals surface area contributed by atoms with E-state index < -0.39 is 17.9 Å². The van der Waals surface area contributed by atoms with Gasteiger partial charge in [0, 0.05) is 17.1 Å². The number of nitrogens with two attached hydrogens (primary N) is 2. The smallest absolute Gasteiger partial charge is 0.273 e. The van der Waals surface area contributed by atoms with Crippen LogP contribution in [0.5, 0.6) is 0 Å². The van der Waals surface area contributed by atoms with Crippen molar-refractivity contribution in [1.29, 1.82) is 0 Å². The maximum Gasteiger partial charge on any atom is 0.273 e. The number of thiophene rings is 1. The van der Waals surface area contributed by atoms with Crippen molar-refractivity contribution in [3.63, 3.8) is 0 Å². The van der Waals surface area contributed by atoms with E-state index in [1.54, 1.807) is 6.07 Å². The van der Waals surface area contributed by atoms with Crippen LogP contribution >= 0.6 is 22.9 Å². The van der Waals surface area contributed by atoms with Crippen molar-refractivity contribution in [1.82, 2.24) is 9.69 Å². The van der Waals surface area contributed by atoms with Crippen LogP contribution < -0.4 is 21.7 Å². The lowest BCUT2D eigenvalue weighted by atomic mass is 10.1. The fourth-order valence-electron chi connectivity index (χ4n) is 3.40. The number of nitrogens with zero attached hydrogens (tertiary/aromatic N) is 2. The second kappa shape index (κ2) is 10.8. The van der Waals surface area contributed by atoms with E-state index in [0.717, 1.165) is 29.1 Å². The van der Waals surface area contributed by atoms with Gasteiger partial charge in [0.05, 0.1) is 5.69 Å². The number of hydrogen-bond acceptors (Lipinski definition) is 7. The van der Waals surface area contributed by atoms with Crippen molar-refractivity contribution in [2.75, 3.05) is 17.2 Å². The summed E-state index contributed by atoms with van der Waals surface area (Å²) >= 11 is 2.18. The molecule has 1 atom stereocenters. The molecule has 3 aromatic rings. The number of hydrogen-bond donors (Lipinski definition) is 3. The van der Waals surface area contributed by atoms with Gasteiger partial charge < -0.3 is 16.8 Å².